The SMILES string of the molecule is Cc1cnccc1-c1ccc2c3ccc(-c4ccncc4C)cc3n(-c3cccc(C=O)c3C(=O)N(C)c3ccc(-c4ccccc4)cc3-c3ccccc3)c2c1. The van der Waals surface area contributed by atoms with Gasteiger partial charge in [-0.1, -0.05) is 103 Å². The molecule has 0 saturated heterocycles. The minimum atomic E-state index is -0.297. The first kappa shape index (κ1) is 35.3. The number of fused-ring (bicyclic) bond motifs is 3. The summed E-state index contributed by atoms with van der Waals surface area (Å²) in [6.07, 6.45) is 8.14. The van der Waals surface area contributed by atoms with Crippen LogP contribution in [-0.4, -0.2) is 33.8 Å². The van der Waals surface area contributed by atoms with E-state index in [2.05, 4.69) is 95.1 Å². The monoisotopic (exact) mass is 738 g/mol. The van der Waals surface area contributed by atoms with Gasteiger partial charge in [0.15, 0.2) is 6.29 Å². The second-order valence-electron chi connectivity index (χ2n) is 14.4. The van der Waals surface area contributed by atoms with Gasteiger partial charge in [-0.2, -0.15) is 0 Å². The maximum atomic E-state index is 15.3. The number of anilines is 1. The van der Waals surface area contributed by atoms with Crippen LogP contribution in [0.4, 0.5) is 5.69 Å². The van der Waals surface area contributed by atoms with E-state index in [4.69, 9.17) is 0 Å². The summed E-state index contributed by atoms with van der Waals surface area (Å²) in [6, 6.07) is 49.0. The smallest absolute Gasteiger partial charge is 0.260 e. The first-order valence-corrected chi connectivity index (χ1v) is 18.9. The molecule has 0 atom stereocenters. The van der Waals surface area contributed by atoms with Gasteiger partial charge in [0.2, 0.25) is 0 Å². The molecule has 3 heterocycles. The normalized spacial score (nSPS) is 11.2. The van der Waals surface area contributed by atoms with Crippen molar-refractivity contribution in [1.29, 1.82) is 0 Å². The van der Waals surface area contributed by atoms with Crippen molar-refractivity contribution >= 4 is 39.7 Å². The lowest BCUT2D eigenvalue weighted by Gasteiger charge is -2.24. The van der Waals surface area contributed by atoms with Crippen LogP contribution >= 0.6 is 0 Å². The van der Waals surface area contributed by atoms with Crippen LogP contribution in [0.5, 0.6) is 0 Å². The lowest BCUT2D eigenvalue weighted by atomic mass is 9.96. The molecule has 0 aliphatic carbocycles. The highest BCUT2D eigenvalue weighted by atomic mass is 16.2. The predicted octanol–water partition coefficient (Wildman–Crippen LogP) is 11.9. The Labute approximate surface area is 331 Å². The summed E-state index contributed by atoms with van der Waals surface area (Å²) in [5, 5.41) is 2.06. The Kier molecular flexibility index (Phi) is 9.07. The maximum absolute atomic E-state index is 15.3. The molecule has 6 nitrogen and oxygen atoms in total. The molecule has 274 valence electrons. The van der Waals surface area contributed by atoms with Crippen molar-refractivity contribution in [2.45, 2.75) is 13.8 Å². The molecule has 6 heteroatoms. The highest BCUT2D eigenvalue weighted by Crippen LogP contribution is 2.40. The Morgan fingerprint density at radius 1 is 0.561 bits per heavy atom. The molecule has 57 heavy (non-hydrogen) atoms. The fourth-order valence-electron chi connectivity index (χ4n) is 8.05. The van der Waals surface area contributed by atoms with Crippen molar-refractivity contribution in [2.24, 2.45) is 0 Å². The van der Waals surface area contributed by atoms with Crippen LogP contribution in [0.1, 0.15) is 31.8 Å². The van der Waals surface area contributed by atoms with Crippen LogP contribution in [0, 0.1) is 13.8 Å². The third-order valence-corrected chi connectivity index (χ3v) is 10.9. The van der Waals surface area contributed by atoms with Gasteiger partial charge in [0.25, 0.3) is 5.91 Å². The molecular weight excluding hydrogens is 701 g/mol. The Hall–Kier alpha value is -7.44. The molecule has 1 amide bonds. The number of aryl methyl sites for hydroxylation is 2. The summed E-state index contributed by atoms with van der Waals surface area (Å²) >= 11 is 0. The molecule has 0 N–H and O–H groups in total. The molecule has 9 rings (SSSR count). The third-order valence-electron chi connectivity index (χ3n) is 10.9. The van der Waals surface area contributed by atoms with Crippen LogP contribution < -0.4 is 4.90 Å². The zero-order chi connectivity index (χ0) is 39.0. The molecule has 0 aliphatic heterocycles. The van der Waals surface area contributed by atoms with Gasteiger partial charge in [-0.25, -0.2) is 0 Å². The number of hydrogen-bond acceptors (Lipinski definition) is 4. The molecule has 6 aromatic carbocycles. The molecule has 3 aromatic heterocycles. The minimum Gasteiger partial charge on any atom is -0.311 e. The van der Waals surface area contributed by atoms with Gasteiger partial charge in [0, 0.05) is 53.7 Å². The van der Waals surface area contributed by atoms with Crippen molar-refractivity contribution in [3.63, 3.8) is 0 Å². The van der Waals surface area contributed by atoms with E-state index in [9.17, 15) is 4.79 Å². The standard InChI is InChI=1S/C51H38N4O2/c1-33-30-52-25-23-41(33)38-17-20-43-44-21-18-39(42-24-26-53-31-34(42)2)29-49(44)55(48(43)28-38)47-16-10-15-40(32-56)50(47)51(57)54(3)46-22-19-37(35-11-6-4-7-12-35)27-45(46)36-13-8-5-9-14-36/h4-32H,1-3H3. The van der Waals surface area contributed by atoms with Crippen molar-refractivity contribution in [3.8, 4) is 50.2 Å². The average Bonchev–Trinajstić information content (AvgIpc) is 3.59. The predicted molar refractivity (Wildman–Crippen MR) is 232 cm³/mol. The minimum absolute atomic E-state index is 0.297. The Morgan fingerprint density at radius 2 is 1.12 bits per heavy atom. The van der Waals surface area contributed by atoms with Gasteiger partial charge >= 0.3 is 0 Å². The second kappa shape index (κ2) is 14.7. The van der Waals surface area contributed by atoms with Gasteiger partial charge in [0.05, 0.1) is 28.0 Å². The van der Waals surface area contributed by atoms with Crippen molar-refractivity contribution in [3.05, 3.63) is 193 Å². The van der Waals surface area contributed by atoms with Crippen molar-refractivity contribution in [2.75, 3.05) is 11.9 Å². The number of amides is 1. The lowest BCUT2D eigenvalue weighted by Crippen LogP contribution is -2.29. The number of carbonyl (C=O) groups is 2. The Morgan fingerprint density at radius 3 is 1.68 bits per heavy atom. The molecule has 9 aromatic rings. The fourth-order valence-corrected chi connectivity index (χ4v) is 8.05. The van der Waals surface area contributed by atoms with Gasteiger partial charge in [0.1, 0.15) is 0 Å². The number of pyridine rings is 2. The van der Waals surface area contributed by atoms with Gasteiger partial charge in [-0.05, 0) is 106 Å². The van der Waals surface area contributed by atoms with E-state index >= 15 is 4.79 Å². The van der Waals surface area contributed by atoms with E-state index in [1.165, 1.54) is 0 Å². The molecule has 0 saturated carbocycles. The van der Waals surface area contributed by atoms with Gasteiger partial charge < -0.3 is 9.47 Å². The van der Waals surface area contributed by atoms with Gasteiger partial charge in [-0.3, -0.25) is 19.6 Å². The number of carbonyl (C=O) groups excluding carboxylic acids is 2. The van der Waals surface area contributed by atoms with Crippen LogP contribution in [0.25, 0.3) is 72.0 Å². The number of nitrogens with zero attached hydrogens (tertiary/aromatic N) is 4. The molecular formula is C51H38N4O2. The molecule has 0 aliphatic rings. The van der Waals surface area contributed by atoms with E-state index in [0.29, 0.717) is 16.8 Å². The zero-order valence-corrected chi connectivity index (χ0v) is 31.8. The number of hydrogen-bond donors (Lipinski definition) is 0. The van der Waals surface area contributed by atoms with Crippen molar-refractivity contribution < 1.29 is 9.59 Å². The zero-order valence-electron chi connectivity index (χ0n) is 31.8. The van der Waals surface area contributed by atoms with Crippen molar-refractivity contribution in [1.82, 2.24) is 14.5 Å². The molecule has 0 unspecified atom stereocenters. The van der Waals surface area contributed by atoms with E-state index in [1.54, 1.807) is 18.0 Å². The number of aldehydes is 1. The van der Waals surface area contributed by atoms with Gasteiger partial charge in [-0.15, -0.1) is 0 Å². The molecule has 0 spiro atoms. The summed E-state index contributed by atoms with van der Waals surface area (Å²) in [5.74, 6) is -0.297. The highest BCUT2D eigenvalue weighted by molar-refractivity contribution is 6.16. The summed E-state index contributed by atoms with van der Waals surface area (Å²) < 4.78 is 2.15. The number of benzene rings is 6. The quantitative estimate of drug-likeness (QED) is 0.146. The largest absolute Gasteiger partial charge is 0.311 e. The summed E-state index contributed by atoms with van der Waals surface area (Å²) in [4.78, 5) is 38.6. The van der Waals surface area contributed by atoms with E-state index in [0.717, 1.165) is 89.4 Å². The number of aromatic nitrogens is 3. The van der Waals surface area contributed by atoms with E-state index in [-0.39, 0.29) is 5.91 Å². The third kappa shape index (κ3) is 6.27. The first-order chi connectivity index (χ1) is 27.9. The average molecular weight is 739 g/mol. The highest BCUT2D eigenvalue weighted by Gasteiger charge is 2.26. The van der Waals surface area contributed by atoms with Crippen LogP contribution in [0.15, 0.2) is 170 Å². The fraction of sp³-hybridized carbons (Fsp3) is 0.0588. The summed E-state index contributed by atoms with van der Waals surface area (Å²) in [5.41, 5.74) is 14.1. The Bertz CT molecular complexity index is 2880. The Balaban J connectivity index is 1.28. The first-order valence-electron chi connectivity index (χ1n) is 18.9. The molecule has 0 radical (unpaired) electrons. The van der Waals surface area contributed by atoms with E-state index in [1.807, 2.05) is 97.6 Å². The van der Waals surface area contributed by atoms with Crippen LogP contribution in [0.3, 0.4) is 0 Å². The van der Waals surface area contributed by atoms with Crippen LogP contribution in [-0.2, 0) is 0 Å². The lowest BCUT2D eigenvalue weighted by molar-refractivity contribution is 0.0986. The molecule has 0 bridgehead atoms. The second-order valence-corrected chi connectivity index (χ2v) is 14.4. The number of rotatable bonds is 8. The molecule has 0 fully saturated rings. The maximum Gasteiger partial charge on any atom is 0.260 e. The summed E-state index contributed by atoms with van der Waals surface area (Å²) in [6.45, 7) is 4.11. The van der Waals surface area contributed by atoms with Crippen LogP contribution in [0.2, 0.25) is 0 Å². The topological polar surface area (TPSA) is 68.1 Å². The summed E-state index contributed by atoms with van der Waals surface area (Å²) in [7, 11) is 1.79. The van der Waals surface area contributed by atoms with E-state index < -0.39 is 0 Å².